The van der Waals surface area contributed by atoms with Crippen LogP contribution in [0.2, 0.25) is 0 Å². The molecule has 2 N–H and O–H groups in total. The van der Waals surface area contributed by atoms with Gasteiger partial charge in [-0.25, -0.2) is 4.79 Å². The lowest BCUT2D eigenvalue weighted by molar-refractivity contribution is -0.134. The van der Waals surface area contributed by atoms with Gasteiger partial charge in [0, 0.05) is 5.69 Å². The van der Waals surface area contributed by atoms with Crippen molar-refractivity contribution in [1.82, 2.24) is 10.2 Å². The Hall–Kier alpha value is -3.15. The number of hydrogen-bond acceptors (Lipinski definition) is 3. The highest BCUT2D eigenvalue weighted by atomic mass is 16.2. The highest BCUT2D eigenvalue weighted by Crippen LogP contribution is 2.34. The fourth-order valence-corrected chi connectivity index (χ4v) is 3.49. The third kappa shape index (κ3) is 3.76. The number of urea groups is 1. The average molecular weight is 379 g/mol. The van der Waals surface area contributed by atoms with E-state index in [1.54, 1.807) is 6.07 Å². The second kappa shape index (κ2) is 8.25. The summed E-state index contributed by atoms with van der Waals surface area (Å²) in [5.41, 5.74) is 1.20. The van der Waals surface area contributed by atoms with Crippen molar-refractivity contribution in [1.29, 1.82) is 0 Å². The Kier molecular flexibility index (Phi) is 5.78. The maximum atomic E-state index is 13.3. The summed E-state index contributed by atoms with van der Waals surface area (Å²) in [7, 11) is 0. The highest BCUT2D eigenvalue weighted by molar-refractivity contribution is 6.10. The summed E-state index contributed by atoms with van der Waals surface area (Å²) in [6.07, 6.45) is 2.17. The molecule has 146 valence electrons. The number of imide groups is 1. The van der Waals surface area contributed by atoms with Crippen LogP contribution in [0, 0.1) is 6.92 Å². The standard InChI is InChI=1S/C22H25N3O3/c1-3-4-14-22(17-11-6-5-7-12-17)20(27)25(21(28)24-22)15-19(26)23-18-13-9-8-10-16(18)2/h5-13H,3-4,14-15H2,1-2H3,(H,23,26)(H,24,28). The first-order valence-electron chi connectivity index (χ1n) is 9.53. The molecule has 6 nitrogen and oxygen atoms in total. The molecule has 6 heteroatoms. The summed E-state index contributed by atoms with van der Waals surface area (Å²) >= 11 is 0. The normalized spacial score (nSPS) is 18.9. The molecule has 1 heterocycles. The Bertz CT molecular complexity index is 882. The molecule has 0 spiro atoms. The molecule has 3 rings (SSSR count). The van der Waals surface area contributed by atoms with Gasteiger partial charge in [0.15, 0.2) is 0 Å². The second-order valence-electron chi connectivity index (χ2n) is 7.06. The molecule has 2 aromatic rings. The van der Waals surface area contributed by atoms with E-state index in [4.69, 9.17) is 0 Å². The predicted molar refractivity (Wildman–Crippen MR) is 108 cm³/mol. The van der Waals surface area contributed by atoms with Gasteiger partial charge in [-0.05, 0) is 30.5 Å². The van der Waals surface area contributed by atoms with E-state index in [9.17, 15) is 14.4 Å². The molecule has 1 atom stereocenters. The Balaban J connectivity index is 1.81. The van der Waals surface area contributed by atoms with Crippen LogP contribution in [0.3, 0.4) is 0 Å². The zero-order chi connectivity index (χ0) is 20.1. The maximum Gasteiger partial charge on any atom is 0.325 e. The third-order valence-electron chi connectivity index (χ3n) is 5.07. The van der Waals surface area contributed by atoms with Crippen LogP contribution in [0.1, 0.15) is 37.3 Å². The van der Waals surface area contributed by atoms with E-state index in [-0.39, 0.29) is 12.5 Å². The van der Waals surface area contributed by atoms with Crippen LogP contribution in [0.15, 0.2) is 54.6 Å². The van der Waals surface area contributed by atoms with Gasteiger partial charge in [0.05, 0.1) is 0 Å². The van der Waals surface area contributed by atoms with Gasteiger partial charge in [-0.1, -0.05) is 68.3 Å². The number of amides is 4. The number of benzene rings is 2. The Morgan fingerprint density at radius 3 is 2.43 bits per heavy atom. The SMILES string of the molecule is CCCCC1(c2ccccc2)NC(=O)N(CC(=O)Nc2ccccc2C)C1=O. The van der Waals surface area contributed by atoms with Crippen molar-refractivity contribution in [2.75, 3.05) is 11.9 Å². The second-order valence-corrected chi connectivity index (χ2v) is 7.06. The van der Waals surface area contributed by atoms with Crippen molar-refractivity contribution in [2.45, 2.75) is 38.6 Å². The number of carbonyl (C=O) groups excluding carboxylic acids is 3. The van der Waals surface area contributed by atoms with Crippen molar-refractivity contribution in [3.05, 3.63) is 65.7 Å². The molecule has 0 saturated carbocycles. The first-order valence-corrected chi connectivity index (χ1v) is 9.53. The minimum atomic E-state index is -1.11. The van der Waals surface area contributed by atoms with Gasteiger partial charge in [-0.15, -0.1) is 0 Å². The van der Waals surface area contributed by atoms with Gasteiger partial charge in [0.2, 0.25) is 5.91 Å². The van der Waals surface area contributed by atoms with Crippen molar-refractivity contribution in [3.8, 4) is 0 Å². The van der Waals surface area contributed by atoms with Crippen LogP contribution in [0.4, 0.5) is 10.5 Å². The summed E-state index contributed by atoms with van der Waals surface area (Å²) in [6, 6.07) is 16.1. The van der Waals surface area contributed by atoms with Crippen LogP contribution < -0.4 is 10.6 Å². The van der Waals surface area contributed by atoms with Crippen molar-refractivity contribution >= 4 is 23.5 Å². The van der Waals surface area contributed by atoms with E-state index >= 15 is 0 Å². The van der Waals surface area contributed by atoms with Crippen LogP contribution in [0.25, 0.3) is 0 Å². The van der Waals surface area contributed by atoms with E-state index < -0.39 is 17.5 Å². The topological polar surface area (TPSA) is 78.5 Å². The Morgan fingerprint density at radius 1 is 1.07 bits per heavy atom. The molecule has 0 radical (unpaired) electrons. The summed E-state index contributed by atoms with van der Waals surface area (Å²) < 4.78 is 0. The summed E-state index contributed by atoms with van der Waals surface area (Å²) in [5.74, 6) is -0.783. The quantitative estimate of drug-likeness (QED) is 0.722. The largest absolute Gasteiger partial charge is 0.325 e. The lowest BCUT2D eigenvalue weighted by Gasteiger charge is -2.27. The zero-order valence-corrected chi connectivity index (χ0v) is 16.2. The van der Waals surface area contributed by atoms with Gasteiger partial charge in [-0.2, -0.15) is 0 Å². The molecule has 1 fully saturated rings. The molecule has 2 aromatic carbocycles. The van der Waals surface area contributed by atoms with Crippen LogP contribution in [-0.2, 0) is 15.1 Å². The van der Waals surface area contributed by atoms with E-state index in [0.717, 1.165) is 28.9 Å². The number of aryl methyl sites for hydroxylation is 1. The maximum absolute atomic E-state index is 13.3. The smallest absolute Gasteiger partial charge is 0.324 e. The summed E-state index contributed by atoms with van der Waals surface area (Å²) in [4.78, 5) is 39.4. The van der Waals surface area contributed by atoms with E-state index in [0.29, 0.717) is 12.1 Å². The number of para-hydroxylation sites is 1. The van der Waals surface area contributed by atoms with E-state index in [2.05, 4.69) is 10.6 Å². The van der Waals surface area contributed by atoms with Gasteiger partial charge in [0.1, 0.15) is 12.1 Å². The molecular formula is C22H25N3O3. The number of unbranched alkanes of at least 4 members (excludes halogenated alkanes) is 1. The monoisotopic (exact) mass is 379 g/mol. The lowest BCUT2D eigenvalue weighted by Crippen LogP contribution is -2.44. The first kappa shape index (κ1) is 19.6. The Labute approximate surface area is 164 Å². The minimum Gasteiger partial charge on any atom is -0.324 e. The molecule has 0 aromatic heterocycles. The van der Waals surface area contributed by atoms with Crippen LogP contribution >= 0.6 is 0 Å². The number of nitrogens with one attached hydrogen (secondary N) is 2. The van der Waals surface area contributed by atoms with Crippen molar-refractivity contribution in [3.63, 3.8) is 0 Å². The number of carbonyl (C=O) groups is 3. The lowest BCUT2D eigenvalue weighted by atomic mass is 9.85. The van der Waals surface area contributed by atoms with Gasteiger partial charge >= 0.3 is 6.03 Å². The number of nitrogens with zero attached hydrogens (tertiary/aromatic N) is 1. The Morgan fingerprint density at radius 2 is 1.75 bits per heavy atom. The fraction of sp³-hybridized carbons (Fsp3) is 0.318. The van der Waals surface area contributed by atoms with E-state index in [1.165, 1.54) is 0 Å². The van der Waals surface area contributed by atoms with Gasteiger partial charge in [0.25, 0.3) is 5.91 Å². The molecule has 1 saturated heterocycles. The molecule has 1 aliphatic heterocycles. The molecule has 1 unspecified atom stereocenters. The van der Waals surface area contributed by atoms with Gasteiger partial charge < -0.3 is 10.6 Å². The van der Waals surface area contributed by atoms with Gasteiger partial charge in [-0.3, -0.25) is 14.5 Å². The molecular weight excluding hydrogens is 354 g/mol. The van der Waals surface area contributed by atoms with E-state index in [1.807, 2.05) is 62.4 Å². The molecule has 28 heavy (non-hydrogen) atoms. The summed E-state index contributed by atoms with van der Waals surface area (Å²) in [5, 5.41) is 5.63. The highest BCUT2D eigenvalue weighted by Gasteiger charge is 2.52. The average Bonchev–Trinajstić information content (AvgIpc) is 2.94. The molecule has 4 amide bonds. The molecule has 0 bridgehead atoms. The number of hydrogen-bond donors (Lipinski definition) is 2. The minimum absolute atomic E-state index is 0.320. The van der Waals surface area contributed by atoms with Crippen LogP contribution in [-0.4, -0.2) is 29.3 Å². The first-order chi connectivity index (χ1) is 13.5. The predicted octanol–water partition coefficient (Wildman–Crippen LogP) is 3.57. The van der Waals surface area contributed by atoms with Crippen molar-refractivity contribution in [2.24, 2.45) is 0 Å². The summed E-state index contributed by atoms with van der Waals surface area (Å²) in [6.45, 7) is 3.60. The number of anilines is 1. The number of rotatable bonds is 7. The molecule has 1 aliphatic rings. The van der Waals surface area contributed by atoms with Crippen molar-refractivity contribution < 1.29 is 14.4 Å². The van der Waals surface area contributed by atoms with Crippen LogP contribution in [0.5, 0.6) is 0 Å². The molecule has 0 aliphatic carbocycles. The third-order valence-corrected chi connectivity index (χ3v) is 5.07. The zero-order valence-electron chi connectivity index (χ0n) is 16.2. The fourth-order valence-electron chi connectivity index (χ4n) is 3.49.